The molecule has 7 heteroatoms. The van der Waals surface area contributed by atoms with Crippen LogP contribution in [0.2, 0.25) is 5.02 Å². The van der Waals surface area contributed by atoms with E-state index in [1.54, 1.807) is 6.92 Å². The fourth-order valence-corrected chi connectivity index (χ4v) is 3.03. The highest BCUT2D eigenvalue weighted by molar-refractivity contribution is 8.00. The first-order valence-corrected chi connectivity index (χ1v) is 8.33. The molecule has 0 spiro atoms. The van der Waals surface area contributed by atoms with Gasteiger partial charge in [0.25, 0.3) is 0 Å². The van der Waals surface area contributed by atoms with Crippen LogP contribution < -0.4 is 5.32 Å². The zero-order valence-corrected chi connectivity index (χ0v) is 14.5. The van der Waals surface area contributed by atoms with E-state index in [2.05, 4.69) is 5.32 Å². The fraction of sp³-hybridized carbons (Fsp3) is 0.235. The second-order valence-electron chi connectivity index (χ2n) is 5.25. The van der Waals surface area contributed by atoms with Crippen LogP contribution >= 0.6 is 23.4 Å². The molecule has 2 rings (SSSR count). The number of nitrogens with one attached hydrogen (secondary N) is 1. The Labute approximate surface area is 147 Å². The highest BCUT2D eigenvalue weighted by atomic mass is 35.5. The molecule has 0 aliphatic carbocycles. The number of halogens is 4. The molecule has 128 valence electrons. The minimum absolute atomic E-state index is 0.0630. The van der Waals surface area contributed by atoms with Gasteiger partial charge >= 0.3 is 6.18 Å². The van der Waals surface area contributed by atoms with Crippen LogP contribution in [0, 0.1) is 6.92 Å². The van der Waals surface area contributed by atoms with E-state index in [0.29, 0.717) is 0 Å². The van der Waals surface area contributed by atoms with Gasteiger partial charge < -0.3 is 5.32 Å². The second kappa shape index (κ2) is 7.49. The zero-order chi connectivity index (χ0) is 17.9. The van der Waals surface area contributed by atoms with Crippen LogP contribution in [0.15, 0.2) is 47.4 Å². The van der Waals surface area contributed by atoms with Gasteiger partial charge in [0.2, 0.25) is 5.91 Å². The molecule has 1 atom stereocenters. The van der Waals surface area contributed by atoms with Gasteiger partial charge in [0.05, 0.1) is 15.8 Å². The topological polar surface area (TPSA) is 29.1 Å². The van der Waals surface area contributed by atoms with Gasteiger partial charge in [-0.2, -0.15) is 13.2 Å². The third-order valence-corrected chi connectivity index (χ3v) is 4.68. The Morgan fingerprint density at radius 2 is 1.79 bits per heavy atom. The van der Waals surface area contributed by atoms with Gasteiger partial charge in [-0.1, -0.05) is 29.3 Å². The number of alkyl halides is 3. The summed E-state index contributed by atoms with van der Waals surface area (Å²) in [6.45, 7) is 3.66. The summed E-state index contributed by atoms with van der Waals surface area (Å²) in [4.78, 5) is 13.1. The Hall–Kier alpha value is -1.66. The summed E-state index contributed by atoms with van der Waals surface area (Å²) in [6.07, 6.45) is -4.57. The van der Waals surface area contributed by atoms with Gasteiger partial charge in [0, 0.05) is 10.6 Å². The molecule has 0 bridgehead atoms. The van der Waals surface area contributed by atoms with Crippen molar-refractivity contribution in [3.8, 4) is 0 Å². The predicted octanol–water partition coefficient (Wildman–Crippen LogP) is 5.79. The number of anilines is 1. The summed E-state index contributed by atoms with van der Waals surface area (Å²) in [5.74, 6) is -0.379. The lowest BCUT2D eigenvalue weighted by Crippen LogP contribution is -2.22. The first kappa shape index (κ1) is 18.7. The Bertz CT molecular complexity index is 732. The molecule has 0 saturated heterocycles. The molecule has 1 unspecified atom stereocenters. The number of hydrogen-bond donors (Lipinski definition) is 1. The summed E-state index contributed by atoms with van der Waals surface area (Å²) in [5, 5.41) is 1.63. The molecule has 0 radical (unpaired) electrons. The average molecular weight is 374 g/mol. The number of hydrogen-bond acceptors (Lipinski definition) is 2. The molecule has 0 fully saturated rings. The molecule has 0 saturated carbocycles. The highest BCUT2D eigenvalue weighted by Crippen LogP contribution is 2.36. The lowest BCUT2D eigenvalue weighted by Gasteiger charge is -2.14. The number of aryl methyl sites for hydroxylation is 1. The van der Waals surface area contributed by atoms with E-state index in [4.69, 9.17) is 11.6 Å². The third kappa shape index (κ3) is 4.92. The number of amides is 1. The van der Waals surface area contributed by atoms with Crippen LogP contribution in [0.5, 0.6) is 0 Å². The minimum Gasteiger partial charge on any atom is -0.325 e. The van der Waals surface area contributed by atoms with Crippen molar-refractivity contribution in [2.45, 2.75) is 30.2 Å². The lowest BCUT2D eigenvalue weighted by molar-refractivity contribution is -0.137. The van der Waals surface area contributed by atoms with Crippen molar-refractivity contribution in [3.05, 3.63) is 58.6 Å². The Balaban J connectivity index is 2.07. The monoisotopic (exact) mass is 373 g/mol. The van der Waals surface area contributed by atoms with E-state index in [-0.39, 0.29) is 11.6 Å². The lowest BCUT2D eigenvalue weighted by atomic mass is 10.2. The molecule has 2 nitrogen and oxygen atoms in total. The smallest absolute Gasteiger partial charge is 0.325 e. The quantitative estimate of drug-likeness (QED) is 0.687. The van der Waals surface area contributed by atoms with Crippen LogP contribution in [0.3, 0.4) is 0 Å². The molecule has 0 aliphatic rings. The van der Waals surface area contributed by atoms with E-state index in [9.17, 15) is 18.0 Å². The van der Waals surface area contributed by atoms with Crippen molar-refractivity contribution in [1.29, 1.82) is 0 Å². The van der Waals surface area contributed by atoms with E-state index < -0.39 is 22.0 Å². The van der Waals surface area contributed by atoms with E-state index in [1.165, 1.54) is 17.8 Å². The van der Waals surface area contributed by atoms with Crippen molar-refractivity contribution < 1.29 is 18.0 Å². The number of rotatable bonds is 4. The summed E-state index contributed by atoms with van der Waals surface area (Å²) < 4.78 is 38.5. The van der Waals surface area contributed by atoms with Gasteiger partial charge in [-0.05, 0) is 44.2 Å². The summed E-state index contributed by atoms with van der Waals surface area (Å²) in [7, 11) is 0. The standard InChI is InChI=1S/C17H15ClF3NOS/c1-10-3-6-13(7-4-10)24-11(2)16(23)22-12-5-8-15(18)14(9-12)17(19,20)21/h3-9,11H,1-2H3,(H,22,23). The number of carbonyl (C=O) groups excluding carboxylic acids is 1. The van der Waals surface area contributed by atoms with Crippen LogP contribution in [0.25, 0.3) is 0 Å². The van der Waals surface area contributed by atoms with Gasteiger partial charge in [0.15, 0.2) is 0 Å². The maximum atomic E-state index is 12.8. The van der Waals surface area contributed by atoms with Crippen molar-refractivity contribution in [2.24, 2.45) is 0 Å². The zero-order valence-electron chi connectivity index (χ0n) is 12.9. The average Bonchev–Trinajstić information content (AvgIpc) is 2.50. The first-order valence-electron chi connectivity index (χ1n) is 7.08. The Morgan fingerprint density at radius 3 is 2.38 bits per heavy atom. The van der Waals surface area contributed by atoms with Crippen LogP contribution in [-0.4, -0.2) is 11.2 Å². The van der Waals surface area contributed by atoms with Gasteiger partial charge in [-0.25, -0.2) is 0 Å². The molecule has 1 amide bonds. The predicted molar refractivity (Wildman–Crippen MR) is 91.6 cm³/mol. The van der Waals surface area contributed by atoms with Gasteiger partial charge in [-0.15, -0.1) is 11.8 Å². The Kier molecular flexibility index (Phi) is 5.83. The summed E-state index contributed by atoms with van der Waals surface area (Å²) >= 11 is 6.90. The van der Waals surface area contributed by atoms with E-state index in [0.717, 1.165) is 22.6 Å². The molecule has 0 aliphatic heterocycles. The second-order valence-corrected chi connectivity index (χ2v) is 7.08. The highest BCUT2D eigenvalue weighted by Gasteiger charge is 2.33. The molecular weight excluding hydrogens is 359 g/mol. The fourth-order valence-electron chi connectivity index (χ4n) is 1.94. The molecule has 1 N–H and O–H groups in total. The van der Waals surface area contributed by atoms with Crippen LogP contribution in [-0.2, 0) is 11.0 Å². The third-order valence-electron chi connectivity index (χ3n) is 3.24. The number of thioether (sulfide) groups is 1. The normalized spacial score (nSPS) is 12.8. The molecule has 2 aromatic carbocycles. The molecule has 0 heterocycles. The SMILES string of the molecule is Cc1ccc(SC(C)C(=O)Nc2ccc(Cl)c(C(F)(F)F)c2)cc1. The maximum Gasteiger partial charge on any atom is 0.417 e. The van der Waals surface area contributed by atoms with Crippen molar-refractivity contribution in [2.75, 3.05) is 5.32 Å². The largest absolute Gasteiger partial charge is 0.417 e. The molecular formula is C17H15ClF3NOS. The minimum atomic E-state index is -4.57. The summed E-state index contributed by atoms with van der Waals surface area (Å²) in [6, 6.07) is 11.0. The number of carbonyl (C=O) groups is 1. The summed E-state index contributed by atoms with van der Waals surface area (Å²) in [5.41, 5.74) is 0.200. The van der Waals surface area contributed by atoms with Crippen LogP contribution in [0.4, 0.5) is 18.9 Å². The van der Waals surface area contributed by atoms with Crippen molar-refractivity contribution >= 4 is 35.0 Å². The van der Waals surface area contributed by atoms with E-state index in [1.807, 2.05) is 31.2 Å². The molecule has 2 aromatic rings. The van der Waals surface area contributed by atoms with Crippen molar-refractivity contribution in [3.63, 3.8) is 0 Å². The van der Waals surface area contributed by atoms with Gasteiger partial charge in [0.1, 0.15) is 0 Å². The maximum absolute atomic E-state index is 12.8. The van der Waals surface area contributed by atoms with Crippen molar-refractivity contribution in [1.82, 2.24) is 0 Å². The van der Waals surface area contributed by atoms with Gasteiger partial charge in [-0.3, -0.25) is 4.79 Å². The first-order chi connectivity index (χ1) is 11.2. The number of benzene rings is 2. The molecule has 0 aromatic heterocycles. The Morgan fingerprint density at radius 1 is 1.17 bits per heavy atom. The van der Waals surface area contributed by atoms with Crippen LogP contribution in [0.1, 0.15) is 18.1 Å². The molecule has 24 heavy (non-hydrogen) atoms. The van der Waals surface area contributed by atoms with E-state index >= 15 is 0 Å².